The zero-order valence-corrected chi connectivity index (χ0v) is 16.2. The number of hydrogen-bond acceptors (Lipinski definition) is 6. The third-order valence-corrected chi connectivity index (χ3v) is 5.14. The van der Waals surface area contributed by atoms with Gasteiger partial charge in [0, 0.05) is 30.2 Å². The van der Waals surface area contributed by atoms with E-state index in [1.807, 2.05) is 18.3 Å². The Hall–Kier alpha value is -3.12. The van der Waals surface area contributed by atoms with Gasteiger partial charge in [0.2, 0.25) is 5.88 Å². The van der Waals surface area contributed by atoms with Crippen LogP contribution in [0.2, 0.25) is 0 Å². The number of pyridine rings is 2. The van der Waals surface area contributed by atoms with Crippen molar-refractivity contribution < 1.29 is 14.2 Å². The predicted molar refractivity (Wildman–Crippen MR) is 106 cm³/mol. The lowest BCUT2D eigenvalue weighted by Gasteiger charge is -2.34. The first-order chi connectivity index (χ1) is 13.7. The number of methoxy groups -OCH3 is 3. The van der Waals surface area contributed by atoms with Gasteiger partial charge in [0.15, 0.2) is 11.5 Å². The number of fused-ring (bicyclic) bond motifs is 1. The van der Waals surface area contributed by atoms with Gasteiger partial charge in [0.1, 0.15) is 0 Å². The minimum atomic E-state index is -0.0350. The monoisotopic (exact) mass is 377 g/mol. The molecule has 0 aliphatic carbocycles. The Kier molecular flexibility index (Phi) is 5.12. The van der Waals surface area contributed by atoms with Crippen molar-refractivity contribution in [2.75, 3.05) is 21.3 Å². The molecule has 0 fully saturated rings. The van der Waals surface area contributed by atoms with Crippen LogP contribution in [-0.2, 0) is 6.42 Å². The molecule has 0 bridgehead atoms. The summed E-state index contributed by atoms with van der Waals surface area (Å²) in [5.74, 6) is 2.08. The van der Waals surface area contributed by atoms with Gasteiger partial charge in [-0.25, -0.2) is 4.98 Å². The molecule has 1 N–H and O–H groups in total. The van der Waals surface area contributed by atoms with Gasteiger partial charge in [-0.1, -0.05) is 12.1 Å². The molecule has 4 rings (SSSR count). The van der Waals surface area contributed by atoms with Crippen LogP contribution in [0.1, 0.15) is 34.3 Å². The third kappa shape index (κ3) is 3.27. The molecule has 6 nitrogen and oxygen atoms in total. The van der Waals surface area contributed by atoms with Gasteiger partial charge in [0.05, 0.1) is 27.4 Å². The summed E-state index contributed by atoms with van der Waals surface area (Å²) in [7, 11) is 4.96. The Morgan fingerprint density at radius 2 is 1.71 bits per heavy atom. The van der Waals surface area contributed by atoms with Crippen LogP contribution in [0, 0.1) is 0 Å². The molecule has 1 aliphatic rings. The summed E-state index contributed by atoms with van der Waals surface area (Å²) < 4.78 is 16.6. The van der Waals surface area contributed by atoms with E-state index < -0.39 is 0 Å². The fraction of sp³-hybridized carbons (Fsp3) is 0.273. The second kappa shape index (κ2) is 7.86. The van der Waals surface area contributed by atoms with E-state index in [1.54, 1.807) is 33.7 Å². The molecule has 28 heavy (non-hydrogen) atoms. The van der Waals surface area contributed by atoms with E-state index in [9.17, 15) is 0 Å². The second-order valence-electron chi connectivity index (χ2n) is 6.65. The molecule has 1 aromatic carbocycles. The fourth-order valence-electron chi connectivity index (χ4n) is 3.81. The highest BCUT2D eigenvalue weighted by atomic mass is 16.5. The summed E-state index contributed by atoms with van der Waals surface area (Å²) in [5.41, 5.74) is 4.47. The molecule has 3 heterocycles. The summed E-state index contributed by atoms with van der Waals surface area (Å²) >= 11 is 0. The van der Waals surface area contributed by atoms with E-state index in [4.69, 9.17) is 14.2 Å². The zero-order chi connectivity index (χ0) is 19.5. The van der Waals surface area contributed by atoms with Crippen molar-refractivity contribution in [3.05, 3.63) is 77.2 Å². The molecule has 0 saturated heterocycles. The maximum atomic E-state index is 5.54. The molecular weight excluding hydrogens is 354 g/mol. The largest absolute Gasteiger partial charge is 0.493 e. The lowest BCUT2D eigenvalue weighted by Crippen LogP contribution is -2.34. The van der Waals surface area contributed by atoms with Gasteiger partial charge in [-0.15, -0.1) is 0 Å². The summed E-state index contributed by atoms with van der Waals surface area (Å²) in [4.78, 5) is 8.68. The number of aromatic nitrogens is 2. The highest BCUT2D eigenvalue weighted by Crippen LogP contribution is 2.42. The number of rotatable bonds is 5. The quantitative estimate of drug-likeness (QED) is 0.734. The van der Waals surface area contributed by atoms with Gasteiger partial charge in [-0.05, 0) is 47.4 Å². The van der Waals surface area contributed by atoms with Crippen LogP contribution in [0.25, 0.3) is 0 Å². The average Bonchev–Trinajstić information content (AvgIpc) is 2.77. The SMILES string of the molecule is COc1cc2c(cc1OC)[C@@H](c1cccnc1)N[C@@H](c1cccnc1OC)C2. The maximum Gasteiger partial charge on any atom is 0.217 e. The molecule has 0 saturated carbocycles. The van der Waals surface area contributed by atoms with Gasteiger partial charge in [-0.2, -0.15) is 0 Å². The molecule has 0 spiro atoms. The van der Waals surface area contributed by atoms with E-state index >= 15 is 0 Å². The van der Waals surface area contributed by atoms with Crippen LogP contribution < -0.4 is 19.5 Å². The van der Waals surface area contributed by atoms with E-state index in [1.165, 1.54) is 5.56 Å². The Morgan fingerprint density at radius 1 is 0.929 bits per heavy atom. The molecule has 2 aromatic heterocycles. The van der Waals surface area contributed by atoms with E-state index in [0.29, 0.717) is 11.6 Å². The standard InChI is InChI=1S/C22H23N3O3/c1-26-19-11-15-10-18(16-7-5-9-24-22(16)28-3)25-21(14-6-4-8-23-13-14)17(15)12-20(19)27-2/h4-9,11-13,18,21,25H,10H2,1-3H3/t18-,21-/m1/s1. The second-order valence-corrected chi connectivity index (χ2v) is 6.65. The fourth-order valence-corrected chi connectivity index (χ4v) is 3.81. The molecule has 0 amide bonds. The van der Waals surface area contributed by atoms with Crippen molar-refractivity contribution in [3.8, 4) is 17.4 Å². The molecule has 0 radical (unpaired) electrons. The zero-order valence-electron chi connectivity index (χ0n) is 16.2. The van der Waals surface area contributed by atoms with Crippen LogP contribution >= 0.6 is 0 Å². The van der Waals surface area contributed by atoms with E-state index in [2.05, 4.69) is 39.6 Å². The Bertz CT molecular complexity index is 962. The number of hydrogen-bond donors (Lipinski definition) is 1. The first-order valence-electron chi connectivity index (χ1n) is 9.14. The first-order valence-corrected chi connectivity index (χ1v) is 9.14. The van der Waals surface area contributed by atoms with Crippen LogP contribution in [0.15, 0.2) is 55.0 Å². The van der Waals surface area contributed by atoms with Crippen LogP contribution in [0.5, 0.6) is 17.4 Å². The molecule has 0 unspecified atom stereocenters. The number of nitrogens with one attached hydrogen (secondary N) is 1. The average molecular weight is 377 g/mol. The normalized spacial score (nSPS) is 18.2. The van der Waals surface area contributed by atoms with Gasteiger partial charge in [-0.3, -0.25) is 10.3 Å². The van der Waals surface area contributed by atoms with E-state index in [-0.39, 0.29) is 12.1 Å². The number of nitrogens with zero attached hydrogens (tertiary/aromatic N) is 2. The Morgan fingerprint density at radius 3 is 2.43 bits per heavy atom. The van der Waals surface area contributed by atoms with Crippen LogP contribution in [-0.4, -0.2) is 31.3 Å². The van der Waals surface area contributed by atoms with Gasteiger partial charge >= 0.3 is 0 Å². The minimum Gasteiger partial charge on any atom is -0.493 e. The summed E-state index contributed by atoms with van der Waals surface area (Å²) in [6.07, 6.45) is 6.20. The van der Waals surface area contributed by atoms with Crippen molar-refractivity contribution in [2.45, 2.75) is 18.5 Å². The molecule has 6 heteroatoms. The van der Waals surface area contributed by atoms with Gasteiger partial charge in [0.25, 0.3) is 0 Å². The summed E-state index contributed by atoms with van der Waals surface area (Å²) in [5, 5.41) is 3.75. The van der Waals surface area contributed by atoms with Crippen LogP contribution in [0.4, 0.5) is 0 Å². The molecular formula is C22H23N3O3. The van der Waals surface area contributed by atoms with Crippen molar-refractivity contribution in [3.63, 3.8) is 0 Å². The summed E-state index contributed by atoms with van der Waals surface area (Å²) in [6.45, 7) is 0. The number of benzene rings is 1. The third-order valence-electron chi connectivity index (χ3n) is 5.14. The topological polar surface area (TPSA) is 65.5 Å². The Balaban J connectivity index is 1.84. The minimum absolute atomic E-state index is 0.0350. The molecule has 144 valence electrons. The van der Waals surface area contributed by atoms with Crippen molar-refractivity contribution in [2.24, 2.45) is 0 Å². The van der Waals surface area contributed by atoms with Crippen LogP contribution in [0.3, 0.4) is 0 Å². The predicted octanol–water partition coefficient (Wildman–Crippen LogP) is 3.48. The lowest BCUT2D eigenvalue weighted by atomic mass is 9.84. The van der Waals surface area contributed by atoms with Crippen molar-refractivity contribution >= 4 is 0 Å². The Labute approximate surface area is 164 Å². The highest BCUT2D eigenvalue weighted by molar-refractivity contribution is 5.52. The molecule has 1 aliphatic heterocycles. The van der Waals surface area contributed by atoms with Crippen molar-refractivity contribution in [1.29, 1.82) is 0 Å². The summed E-state index contributed by atoms with van der Waals surface area (Å²) in [6, 6.07) is 12.1. The maximum absolute atomic E-state index is 5.54. The smallest absolute Gasteiger partial charge is 0.217 e. The highest BCUT2D eigenvalue weighted by Gasteiger charge is 2.31. The van der Waals surface area contributed by atoms with Crippen molar-refractivity contribution in [1.82, 2.24) is 15.3 Å². The van der Waals surface area contributed by atoms with E-state index in [0.717, 1.165) is 28.9 Å². The molecule has 2 atom stereocenters. The molecule has 3 aromatic rings. The first kappa shape index (κ1) is 18.3. The number of ether oxygens (including phenoxy) is 3. The lowest BCUT2D eigenvalue weighted by molar-refractivity contribution is 0.349. The van der Waals surface area contributed by atoms with Gasteiger partial charge < -0.3 is 14.2 Å².